The first-order chi connectivity index (χ1) is 8.90. The number of halogens is 2. The molecule has 0 heterocycles. The van der Waals surface area contributed by atoms with Gasteiger partial charge in [-0.1, -0.05) is 31.4 Å². The Morgan fingerprint density at radius 1 is 1.26 bits per heavy atom. The van der Waals surface area contributed by atoms with E-state index in [1.54, 1.807) is 0 Å². The third-order valence-electron chi connectivity index (χ3n) is 3.15. The summed E-state index contributed by atoms with van der Waals surface area (Å²) in [6, 6.07) is 1.67. The molecule has 0 aliphatic rings. The molecular formula is C14H23ClFN3. The number of benzene rings is 1. The van der Waals surface area contributed by atoms with Gasteiger partial charge in [-0.25, -0.2) is 4.39 Å². The molecular weight excluding hydrogens is 265 g/mol. The first-order valence-corrected chi connectivity index (χ1v) is 7.07. The number of hydrogen-bond acceptors (Lipinski definition) is 3. The van der Waals surface area contributed by atoms with E-state index in [0.717, 1.165) is 25.8 Å². The van der Waals surface area contributed by atoms with Crippen molar-refractivity contribution < 1.29 is 4.39 Å². The average molecular weight is 288 g/mol. The number of nitrogens with zero attached hydrogens (tertiary/aromatic N) is 1. The summed E-state index contributed by atoms with van der Waals surface area (Å²) in [5, 5.41) is -0.0506. The first kappa shape index (κ1) is 15.9. The lowest BCUT2D eigenvalue weighted by molar-refractivity contribution is 0.585. The predicted octanol–water partition coefficient (Wildman–Crippen LogP) is 4.05. The molecule has 0 spiro atoms. The zero-order valence-corrected chi connectivity index (χ0v) is 12.6. The van der Waals surface area contributed by atoms with Crippen molar-refractivity contribution in [1.29, 1.82) is 0 Å². The van der Waals surface area contributed by atoms with Crippen LogP contribution >= 0.6 is 11.6 Å². The molecule has 108 valence electrons. The highest BCUT2D eigenvalue weighted by Crippen LogP contribution is 2.37. The molecule has 3 nitrogen and oxygen atoms in total. The molecule has 1 aromatic rings. The summed E-state index contributed by atoms with van der Waals surface area (Å²) >= 11 is 5.88. The maximum Gasteiger partial charge on any atom is 0.169 e. The zero-order valence-electron chi connectivity index (χ0n) is 11.8. The Kier molecular flexibility index (Phi) is 5.73. The summed E-state index contributed by atoms with van der Waals surface area (Å²) in [7, 11) is 0. The van der Waals surface area contributed by atoms with E-state index in [1.807, 2.05) is 18.7 Å². The van der Waals surface area contributed by atoms with E-state index >= 15 is 0 Å². The third kappa shape index (κ3) is 3.66. The van der Waals surface area contributed by atoms with Gasteiger partial charge in [0.15, 0.2) is 5.82 Å². The quantitative estimate of drug-likeness (QED) is 0.613. The first-order valence-electron chi connectivity index (χ1n) is 6.69. The molecule has 0 amide bonds. The molecule has 19 heavy (non-hydrogen) atoms. The van der Waals surface area contributed by atoms with Gasteiger partial charge in [0.25, 0.3) is 0 Å². The van der Waals surface area contributed by atoms with Gasteiger partial charge in [-0.2, -0.15) is 0 Å². The smallest absolute Gasteiger partial charge is 0.169 e. The van der Waals surface area contributed by atoms with Crippen molar-refractivity contribution in [2.45, 2.75) is 46.1 Å². The Bertz CT molecular complexity index is 435. The van der Waals surface area contributed by atoms with Gasteiger partial charge in [-0.15, -0.1) is 0 Å². The minimum Gasteiger partial charge on any atom is -0.397 e. The van der Waals surface area contributed by atoms with Gasteiger partial charge < -0.3 is 16.4 Å². The number of unbranched alkanes of at least 4 members (excludes halogenated alkanes) is 2. The summed E-state index contributed by atoms with van der Waals surface area (Å²) in [5.41, 5.74) is 12.4. The van der Waals surface area contributed by atoms with Crippen molar-refractivity contribution in [3.05, 3.63) is 16.9 Å². The lowest BCUT2D eigenvalue weighted by Crippen LogP contribution is -2.33. The van der Waals surface area contributed by atoms with Crippen LogP contribution in [0.15, 0.2) is 6.07 Å². The van der Waals surface area contributed by atoms with Crippen molar-refractivity contribution in [3.63, 3.8) is 0 Å². The topological polar surface area (TPSA) is 55.3 Å². The number of rotatable bonds is 6. The SMILES string of the molecule is CCCCCN(c1c(N)cc(N)c(Cl)c1F)C(C)C. The minimum absolute atomic E-state index is 0.0506. The fourth-order valence-corrected chi connectivity index (χ4v) is 2.25. The van der Waals surface area contributed by atoms with Gasteiger partial charge in [0.1, 0.15) is 5.02 Å². The molecule has 0 unspecified atom stereocenters. The summed E-state index contributed by atoms with van der Waals surface area (Å²) in [4.78, 5) is 1.95. The number of nitrogens with two attached hydrogens (primary N) is 2. The highest BCUT2D eigenvalue weighted by Gasteiger charge is 2.21. The van der Waals surface area contributed by atoms with Crippen LogP contribution in [0, 0.1) is 5.82 Å². The summed E-state index contributed by atoms with van der Waals surface area (Å²) in [6.07, 6.45) is 3.22. The van der Waals surface area contributed by atoms with E-state index < -0.39 is 5.82 Å². The lowest BCUT2D eigenvalue weighted by atomic mass is 10.1. The van der Waals surface area contributed by atoms with Crippen molar-refractivity contribution in [2.24, 2.45) is 0 Å². The van der Waals surface area contributed by atoms with Crippen LogP contribution in [0.25, 0.3) is 0 Å². The van der Waals surface area contributed by atoms with E-state index in [9.17, 15) is 4.39 Å². The highest BCUT2D eigenvalue weighted by molar-refractivity contribution is 6.33. The van der Waals surface area contributed by atoms with Crippen molar-refractivity contribution >= 4 is 28.7 Å². The Morgan fingerprint density at radius 3 is 2.42 bits per heavy atom. The molecule has 4 N–H and O–H groups in total. The molecule has 5 heteroatoms. The van der Waals surface area contributed by atoms with Gasteiger partial charge in [0, 0.05) is 12.6 Å². The molecule has 0 aliphatic carbocycles. The molecule has 0 saturated heterocycles. The van der Waals surface area contributed by atoms with Crippen molar-refractivity contribution in [1.82, 2.24) is 0 Å². The molecule has 0 atom stereocenters. The molecule has 0 saturated carbocycles. The highest BCUT2D eigenvalue weighted by atomic mass is 35.5. The van der Waals surface area contributed by atoms with Crippen LogP contribution in [0.3, 0.4) is 0 Å². The number of hydrogen-bond donors (Lipinski definition) is 2. The monoisotopic (exact) mass is 287 g/mol. The second-order valence-electron chi connectivity index (χ2n) is 5.03. The van der Waals surface area contributed by atoms with Gasteiger partial charge in [0.2, 0.25) is 0 Å². The van der Waals surface area contributed by atoms with Gasteiger partial charge >= 0.3 is 0 Å². The van der Waals surface area contributed by atoms with E-state index in [-0.39, 0.29) is 16.8 Å². The van der Waals surface area contributed by atoms with E-state index in [4.69, 9.17) is 23.1 Å². The fourth-order valence-electron chi connectivity index (χ4n) is 2.11. The normalized spacial score (nSPS) is 11.1. The number of nitrogen functional groups attached to an aromatic ring is 2. The summed E-state index contributed by atoms with van der Waals surface area (Å²) in [5.74, 6) is -0.524. The van der Waals surface area contributed by atoms with Crippen LogP contribution in [-0.4, -0.2) is 12.6 Å². The van der Waals surface area contributed by atoms with Crippen LogP contribution in [0.1, 0.15) is 40.0 Å². The Balaban J connectivity index is 3.12. The summed E-state index contributed by atoms with van der Waals surface area (Å²) < 4.78 is 14.3. The standard InChI is InChI=1S/C14H23ClFN3/c1-4-5-6-7-19(9(2)3)14-11(18)8-10(17)12(15)13(14)16/h8-9H,4-7,17-18H2,1-3H3. The molecule has 0 bridgehead atoms. The average Bonchev–Trinajstić information content (AvgIpc) is 2.34. The van der Waals surface area contributed by atoms with Gasteiger partial charge in [0.05, 0.1) is 17.1 Å². The van der Waals surface area contributed by atoms with Crippen LogP contribution in [0.4, 0.5) is 21.5 Å². The third-order valence-corrected chi connectivity index (χ3v) is 3.54. The van der Waals surface area contributed by atoms with Crippen molar-refractivity contribution in [2.75, 3.05) is 22.9 Å². The zero-order chi connectivity index (χ0) is 14.6. The minimum atomic E-state index is -0.524. The van der Waals surface area contributed by atoms with Gasteiger partial charge in [-0.3, -0.25) is 0 Å². The largest absolute Gasteiger partial charge is 0.397 e. The van der Waals surface area contributed by atoms with Crippen LogP contribution in [0.2, 0.25) is 5.02 Å². The molecule has 1 rings (SSSR count). The maximum atomic E-state index is 14.3. The molecule has 0 aliphatic heterocycles. The van der Waals surface area contributed by atoms with Crippen LogP contribution in [0.5, 0.6) is 0 Å². The molecule has 1 aromatic carbocycles. The van der Waals surface area contributed by atoms with E-state index in [0.29, 0.717) is 11.4 Å². The molecule has 0 radical (unpaired) electrons. The molecule has 0 fully saturated rings. The maximum absolute atomic E-state index is 14.3. The second-order valence-corrected chi connectivity index (χ2v) is 5.40. The predicted molar refractivity (Wildman–Crippen MR) is 82.2 cm³/mol. The van der Waals surface area contributed by atoms with E-state index in [1.165, 1.54) is 6.07 Å². The van der Waals surface area contributed by atoms with Gasteiger partial charge in [-0.05, 0) is 26.3 Å². The molecule has 0 aromatic heterocycles. The van der Waals surface area contributed by atoms with Crippen LogP contribution in [-0.2, 0) is 0 Å². The second kappa shape index (κ2) is 6.85. The van der Waals surface area contributed by atoms with Crippen molar-refractivity contribution in [3.8, 4) is 0 Å². The Labute approximate surface area is 119 Å². The lowest BCUT2D eigenvalue weighted by Gasteiger charge is -2.31. The van der Waals surface area contributed by atoms with Crippen LogP contribution < -0.4 is 16.4 Å². The Hall–Kier alpha value is -1.16. The summed E-state index contributed by atoms with van der Waals surface area (Å²) in [6.45, 7) is 6.91. The fraction of sp³-hybridized carbons (Fsp3) is 0.571. The number of anilines is 3. The Morgan fingerprint density at radius 2 is 1.89 bits per heavy atom. The van der Waals surface area contributed by atoms with E-state index in [2.05, 4.69) is 6.92 Å².